The van der Waals surface area contributed by atoms with Gasteiger partial charge in [0.15, 0.2) is 5.82 Å². The summed E-state index contributed by atoms with van der Waals surface area (Å²) in [6.45, 7) is 9.05. The number of hydrogen-bond acceptors (Lipinski definition) is 5. The van der Waals surface area contributed by atoms with Crippen molar-refractivity contribution in [3.63, 3.8) is 0 Å². The second-order valence-corrected chi connectivity index (χ2v) is 9.06. The normalized spacial score (nSPS) is 11.8. The van der Waals surface area contributed by atoms with Crippen LogP contribution >= 0.6 is 34.7 Å². The summed E-state index contributed by atoms with van der Waals surface area (Å²) in [6.07, 6.45) is 1.79. The standard InChI is InChI=1S/C22H24Cl2N4OS/c1-6-28(5)13-25-18-12-17(24)19(11-14(18)2)29-21-26-20(27-30-21)22(3,4)15-7-9-16(23)10-8-15/h7-13H,6H2,1-5H3/b25-13-. The molecule has 0 aliphatic rings. The molecule has 1 heterocycles. The maximum Gasteiger partial charge on any atom is 0.298 e. The highest BCUT2D eigenvalue weighted by atomic mass is 35.5. The molecule has 5 nitrogen and oxygen atoms in total. The average molecular weight is 463 g/mol. The van der Waals surface area contributed by atoms with Gasteiger partial charge in [-0.3, -0.25) is 0 Å². The number of benzene rings is 2. The van der Waals surface area contributed by atoms with Gasteiger partial charge in [-0.1, -0.05) is 35.3 Å². The highest BCUT2D eigenvalue weighted by Gasteiger charge is 2.28. The van der Waals surface area contributed by atoms with E-state index in [0.29, 0.717) is 26.8 Å². The molecule has 2 aromatic carbocycles. The summed E-state index contributed by atoms with van der Waals surface area (Å²) in [5, 5.41) is 1.61. The predicted molar refractivity (Wildman–Crippen MR) is 126 cm³/mol. The molecular weight excluding hydrogens is 439 g/mol. The van der Waals surface area contributed by atoms with E-state index in [0.717, 1.165) is 23.4 Å². The lowest BCUT2D eigenvalue weighted by molar-refractivity contribution is 0.471. The summed E-state index contributed by atoms with van der Waals surface area (Å²) in [6, 6.07) is 11.4. The van der Waals surface area contributed by atoms with E-state index in [-0.39, 0.29) is 5.41 Å². The van der Waals surface area contributed by atoms with E-state index >= 15 is 0 Å². The second-order valence-electron chi connectivity index (χ2n) is 7.50. The molecule has 0 N–H and O–H groups in total. The van der Waals surface area contributed by atoms with Crippen molar-refractivity contribution >= 4 is 46.8 Å². The minimum Gasteiger partial charge on any atom is -0.428 e. The van der Waals surface area contributed by atoms with Crippen molar-refractivity contribution in [3.05, 3.63) is 63.4 Å². The van der Waals surface area contributed by atoms with Crippen molar-refractivity contribution in [2.24, 2.45) is 4.99 Å². The van der Waals surface area contributed by atoms with Crippen LogP contribution < -0.4 is 4.74 Å². The van der Waals surface area contributed by atoms with Crippen LogP contribution in [0.15, 0.2) is 41.4 Å². The maximum absolute atomic E-state index is 6.44. The van der Waals surface area contributed by atoms with Crippen LogP contribution in [-0.2, 0) is 5.41 Å². The quantitative estimate of drug-likeness (QED) is 0.283. The summed E-state index contributed by atoms with van der Waals surface area (Å²) in [4.78, 5) is 11.1. The molecular formula is C22H24Cl2N4OS. The number of hydrogen-bond donors (Lipinski definition) is 0. The van der Waals surface area contributed by atoms with E-state index in [1.807, 2.05) is 49.2 Å². The lowest BCUT2D eigenvalue weighted by atomic mass is 9.84. The Kier molecular flexibility index (Phi) is 7.01. The molecule has 0 fully saturated rings. The van der Waals surface area contributed by atoms with Gasteiger partial charge in [-0.2, -0.15) is 9.36 Å². The van der Waals surface area contributed by atoms with Gasteiger partial charge in [0.2, 0.25) is 0 Å². The first-order valence-corrected chi connectivity index (χ1v) is 11.1. The molecule has 0 atom stereocenters. The zero-order chi connectivity index (χ0) is 21.9. The van der Waals surface area contributed by atoms with E-state index < -0.39 is 0 Å². The first-order chi connectivity index (χ1) is 14.2. The van der Waals surface area contributed by atoms with Crippen molar-refractivity contribution < 1.29 is 4.74 Å². The van der Waals surface area contributed by atoms with Gasteiger partial charge in [-0.15, -0.1) is 0 Å². The molecule has 0 spiro atoms. The van der Waals surface area contributed by atoms with E-state index in [1.54, 1.807) is 12.4 Å². The molecule has 158 valence electrons. The van der Waals surface area contributed by atoms with Crippen LogP contribution in [0.2, 0.25) is 10.0 Å². The molecule has 0 radical (unpaired) electrons. The molecule has 30 heavy (non-hydrogen) atoms. The molecule has 0 amide bonds. The Bertz CT molecular complexity index is 1050. The van der Waals surface area contributed by atoms with Gasteiger partial charge in [-0.05, 0) is 63.1 Å². The van der Waals surface area contributed by atoms with Gasteiger partial charge >= 0.3 is 0 Å². The van der Waals surface area contributed by atoms with Gasteiger partial charge < -0.3 is 9.64 Å². The van der Waals surface area contributed by atoms with Crippen molar-refractivity contribution in [2.75, 3.05) is 13.6 Å². The summed E-state index contributed by atoms with van der Waals surface area (Å²) >= 11 is 13.7. The lowest BCUT2D eigenvalue weighted by Crippen LogP contribution is -2.20. The Hall–Kier alpha value is -2.15. The van der Waals surface area contributed by atoms with Crippen molar-refractivity contribution in [3.8, 4) is 10.9 Å². The summed E-state index contributed by atoms with van der Waals surface area (Å²) in [7, 11) is 1.97. The fraction of sp³-hybridized carbons (Fsp3) is 0.318. The van der Waals surface area contributed by atoms with Gasteiger partial charge in [-0.25, -0.2) is 4.99 Å². The first kappa shape index (κ1) is 22.5. The predicted octanol–water partition coefficient (Wildman–Crippen LogP) is 6.88. The molecule has 1 aromatic heterocycles. The van der Waals surface area contributed by atoms with E-state index in [4.69, 9.17) is 27.9 Å². The Morgan fingerprint density at radius 1 is 1.20 bits per heavy atom. The van der Waals surface area contributed by atoms with Gasteiger partial charge in [0.1, 0.15) is 5.75 Å². The summed E-state index contributed by atoms with van der Waals surface area (Å²) in [5.41, 5.74) is 2.45. The van der Waals surface area contributed by atoms with Crippen LogP contribution in [0.1, 0.15) is 37.7 Å². The van der Waals surface area contributed by atoms with Crippen LogP contribution in [0, 0.1) is 6.92 Å². The second kappa shape index (κ2) is 9.33. The van der Waals surface area contributed by atoms with Crippen LogP contribution in [0.5, 0.6) is 10.9 Å². The Morgan fingerprint density at radius 3 is 2.57 bits per heavy atom. The van der Waals surface area contributed by atoms with Crippen LogP contribution in [-0.4, -0.2) is 34.2 Å². The third-order valence-electron chi connectivity index (χ3n) is 4.87. The molecule has 8 heteroatoms. The van der Waals surface area contributed by atoms with Crippen LogP contribution in [0.4, 0.5) is 5.69 Å². The van der Waals surface area contributed by atoms with Crippen molar-refractivity contribution in [1.82, 2.24) is 14.3 Å². The third kappa shape index (κ3) is 5.12. The van der Waals surface area contributed by atoms with Crippen LogP contribution in [0.25, 0.3) is 0 Å². The van der Waals surface area contributed by atoms with Gasteiger partial charge in [0, 0.05) is 30.1 Å². The summed E-state index contributed by atoms with van der Waals surface area (Å²) < 4.78 is 10.5. The molecule has 0 saturated carbocycles. The highest BCUT2D eigenvalue weighted by molar-refractivity contribution is 7.07. The Labute approximate surface area is 191 Å². The average Bonchev–Trinajstić information content (AvgIpc) is 3.19. The van der Waals surface area contributed by atoms with Gasteiger partial charge in [0.25, 0.3) is 5.19 Å². The number of nitrogens with zero attached hydrogens (tertiary/aromatic N) is 4. The smallest absolute Gasteiger partial charge is 0.298 e. The molecule has 0 bridgehead atoms. The van der Waals surface area contributed by atoms with E-state index in [2.05, 4.69) is 35.1 Å². The summed E-state index contributed by atoms with van der Waals surface area (Å²) in [5.74, 6) is 1.21. The van der Waals surface area contributed by atoms with Gasteiger partial charge in [0.05, 0.1) is 22.5 Å². The molecule has 0 aliphatic heterocycles. The zero-order valence-corrected chi connectivity index (χ0v) is 19.9. The number of aryl methyl sites for hydroxylation is 1. The molecule has 3 rings (SSSR count). The van der Waals surface area contributed by atoms with Crippen LogP contribution in [0.3, 0.4) is 0 Å². The molecule has 0 saturated heterocycles. The Balaban J connectivity index is 1.81. The first-order valence-electron chi connectivity index (χ1n) is 9.53. The third-order valence-corrected chi connectivity index (χ3v) is 6.02. The maximum atomic E-state index is 6.44. The number of rotatable bonds is 7. The highest BCUT2D eigenvalue weighted by Crippen LogP contribution is 2.37. The molecule has 0 unspecified atom stereocenters. The molecule has 3 aromatic rings. The SMILES string of the molecule is CCN(C)/C=N\c1cc(Cl)c(Oc2nc(C(C)(C)c3ccc(Cl)cc3)ns2)cc1C. The number of aromatic nitrogens is 2. The zero-order valence-electron chi connectivity index (χ0n) is 17.6. The fourth-order valence-electron chi connectivity index (χ4n) is 2.70. The molecule has 0 aliphatic carbocycles. The van der Waals surface area contributed by atoms with E-state index in [9.17, 15) is 0 Å². The monoisotopic (exact) mass is 462 g/mol. The number of ether oxygens (including phenoxy) is 1. The minimum absolute atomic E-state index is 0.383. The largest absolute Gasteiger partial charge is 0.428 e. The number of halogens is 2. The minimum atomic E-state index is -0.383. The van der Waals surface area contributed by atoms with E-state index in [1.165, 1.54) is 11.5 Å². The number of aliphatic imine (C=N–C) groups is 1. The lowest BCUT2D eigenvalue weighted by Gasteiger charge is -2.21. The topological polar surface area (TPSA) is 50.6 Å². The van der Waals surface area contributed by atoms with Crippen molar-refractivity contribution in [2.45, 2.75) is 33.1 Å². The van der Waals surface area contributed by atoms with Crippen molar-refractivity contribution in [1.29, 1.82) is 0 Å². The fourth-order valence-corrected chi connectivity index (χ4v) is 3.71. The Morgan fingerprint density at radius 2 is 1.90 bits per heavy atom.